The van der Waals surface area contributed by atoms with Crippen molar-refractivity contribution in [1.29, 1.82) is 0 Å². The molecule has 2 N–H and O–H groups in total. The quantitative estimate of drug-likeness (QED) is 0.871. The van der Waals surface area contributed by atoms with Crippen molar-refractivity contribution < 1.29 is 17.9 Å². The number of rotatable bonds is 4. The second kappa shape index (κ2) is 6.04. The molecule has 0 aliphatic heterocycles. The first-order valence-corrected chi connectivity index (χ1v) is 6.60. The number of benzene rings is 1. The highest BCUT2D eigenvalue weighted by molar-refractivity contribution is 7.98. The Morgan fingerprint density at radius 2 is 1.85 bits per heavy atom. The molecule has 0 saturated carbocycles. The van der Waals surface area contributed by atoms with Crippen molar-refractivity contribution in [2.24, 2.45) is 0 Å². The third kappa shape index (κ3) is 4.34. The summed E-state index contributed by atoms with van der Waals surface area (Å²) in [6, 6.07) is 9.20. The van der Waals surface area contributed by atoms with E-state index in [1.165, 1.54) is 23.9 Å². The molecule has 1 aromatic heterocycles. The summed E-state index contributed by atoms with van der Waals surface area (Å²) in [7, 11) is 0. The van der Waals surface area contributed by atoms with Gasteiger partial charge in [0.1, 0.15) is 10.8 Å². The molecule has 0 unspecified atom stereocenters. The summed E-state index contributed by atoms with van der Waals surface area (Å²) < 4.78 is 39.8. The van der Waals surface area contributed by atoms with Crippen LogP contribution in [0, 0.1) is 0 Å². The number of pyridine rings is 1. The van der Waals surface area contributed by atoms with Gasteiger partial charge in [-0.2, -0.15) is 0 Å². The van der Waals surface area contributed by atoms with Gasteiger partial charge in [-0.3, -0.25) is 0 Å². The lowest BCUT2D eigenvalue weighted by Gasteiger charge is -2.09. The van der Waals surface area contributed by atoms with Gasteiger partial charge in [-0.1, -0.05) is 23.9 Å². The van der Waals surface area contributed by atoms with E-state index in [1.807, 2.05) is 0 Å². The van der Waals surface area contributed by atoms with Gasteiger partial charge in [0.2, 0.25) is 0 Å². The van der Waals surface area contributed by atoms with E-state index in [0.717, 1.165) is 5.56 Å². The fraction of sp³-hybridized carbons (Fsp3) is 0.154. The topological polar surface area (TPSA) is 48.1 Å². The van der Waals surface area contributed by atoms with E-state index in [-0.39, 0.29) is 5.75 Å². The summed E-state index contributed by atoms with van der Waals surface area (Å²) in [4.78, 5) is 4.12. The highest BCUT2D eigenvalue weighted by atomic mass is 32.2. The van der Waals surface area contributed by atoms with E-state index in [0.29, 0.717) is 16.5 Å². The van der Waals surface area contributed by atoms with Crippen LogP contribution >= 0.6 is 11.8 Å². The molecule has 1 heterocycles. The number of thioether (sulfide) groups is 1. The molecule has 1 aromatic carbocycles. The van der Waals surface area contributed by atoms with Gasteiger partial charge in [0.05, 0.1) is 5.69 Å². The molecule has 0 spiro atoms. The van der Waals surface area contributed by atoms with Crippen molar-refractivity contribution in [3.05, 3.63) is 48.2 Å². The number of anilines is 1. The Labute approximate surface area is 118 Å². The lowest BCUT2D eigenvalue weighted by Crippen LogP contribution is -2.16. The molecule has 0 fully saturated rings. The Morgan fingerprint density at radius 1 is 1.15 bits per heavy atom. The zero-order chi connectivity index (χ0) is 14.6. The minimum atomic E-state index is -4.67. The van der Waals surface area contributed by atoms with Crippen LogP contribution in [0.2, 0.25) is 0 Å². The molecule has 106 valence electrons. The summed E-state index contributed by atoms with van der Waals surface area (Å²) in [5.74, 6) is 0.330. The molecule has 0 saturated heterocycles. The number of hydrogen-bond donors (Lipinski definition) is 1. The number of hydrogen-bond acceptors (Lipinski definition) is 4. The minimum Gasteiger partial charge on any atom is -0.406 e. The number of halogens is 3. The Kier molecular flexibility index (Phi) is 4.39. The van der Waals surface area contributed by atoms with Gasteiger partial charge in [0.15, 0.2) is 0 Å². The van der Waals surface area contributed by atoms with Gasteiger partial charge < -0.3 is 10.5 Å². The van der Waals surface area contributed by atoms with Crippen LogP contribution in [0.25, 0.3) is 0 Å². The Hall–Kier alpha value is -1.89. The minimum absolute atomic E-state index is 0.233. The number of ether oxygens (including phenoxy) is 1. The number of nitrogen functional groups attached to an aromatic ring is 1. The van der Waals surface area contributed by atoms with Crippen LogP contribution in [-0.4, -0.2) is 11.3 Å². The lowest BCUT2D eigenvalue weighted by molar-refractivity contribution is -0.274. The summed E-state index contributed by atoms with van der Waals surface area (Å²) in [6.45, 7) is 0. The summed E-state index contributed by atoms with van der Waals surface area (Å²) in [6.07, 6.45) is -3.03. The number of nitrogens with two attached hydrogens (primary N) is 1. The molecular weight excluding hydrogens is 289 g/mol. The van der Waals surface area contributed by atoms with Gasteiger partial charge in [-0.25, -0.2) is 4.98 Å². The van der Waals surface area contributed by atoms with Gasteiger partial charge in [-0.15, -0.1) is 13.2 Å². The zero-order valence-corrected chi connectivity index (χ0v) is 11.0. The van der Waals surface area contributed by atoms with E-state index in [9.17, 15) is 13.2 Å². The first kappa shape index (κ1) is 14.5. The molecule has 2 aromatic rings. The van der Waals surface area contributed by atoms with Gasteiger partial charge in [0.25, 0.3) is 0 Å². The van der Waals surface area contributed by atoms with E-state index >= 15 is 0 Å². The summed E-state index contributed by atoms with van der Waals surface area (Å²) >= 11 is 1.42. The Balaban J connectivity index is 1.96. The second-order valence-electron chi connectivity index (χ2n) is 3.88. The van der Waals surface area contributed by atoms with Crippen molar-refractivity contribution in [2.75, 3.05) is 5.73 Å². The summed E-state index contributed by atoms with van der Waals surface area (Å²) in [5, 5.41) is 0.697. The highest BCUT2D eigenvalue weighted by Gasteiger charge is 2.30. The standard InChI is InChI=1S/C13H11F3N2OS/c14-13(15,16)19-10-5-3-9(4-6-10)8-20-12-11(17)2-1-7-18-12/h1-7H,8,17H2. The molecule has 20 heavy (non-hydrogen) atoms. The molecule has 3 nitrogen and oxygen atoms in total. The monoisotopic (exact) mass is 300 g/mol. The predicted molar refractivity (Wildman–Crippen MR) is 71.3 cm³/mol. The van der Waals surface area contributed by atoms with E-state index < -0.39 is 6.36 Å². The molecular formula is C13H11F3N2OS. The maximum absolute atomic E-state index is 12.0. The first-order chi connectivity index (χ1) is 9.44. The lowest BCUT2D eigenvalue weighted by atomic mass is 10.2. The van der Waals surface area contributed by atoms with Crippen LogP contribution in [0.15, 0.2) is 47.6 Å². The van der Waals surface area contributed by atoms with Crippen LogP contribution in [0.1, 0.15) is 5.56 Å². The Bertz CT molecular complexity index is 573. The molecule has 0 radical (unpaired) electrons. The van der Waals surface area contributed by atoms with Crippen LogP contribution in [0.3, 0.4) is 0 Å². The molecule has 0 amide bonds. The SMILES string of the molecule is Nc1cccnc1SCc1ccc(OC(F)(F)F)cc1. The fourth-order valence-corrected chi connectivity index (χ4v) is 2.33. The number of aromatic nitrogens is 1. The van der Waals surface area contributed by atoms with Crippen molar-refractivity contribution in [2.45, 2.75) is 17.1 Å². The van der Waals surface area contributed by atoms with Crippen LogP contribution in [0.4, 0.5) is 18.9 Å². The highest BCUT2D eigenvalue weighted by Crippen LogP contribution is 2.27. The van der Waals surface area contributed by atoms with Crippen LogP contribution < -0.4 is 10.5 Å². The molecule has 0 aliphatic carbocycles. The molecule has 2 rings (SSSR count). The fourth-order valence-electron chi connectivity index (χ4n) is 1.46. The molecule has 0 atom stereocenters. The second-order valence-corrected chi connectivity index (χ2v) is 4.84. The van der Waals surface area contributed by atoms with Crippen molar-refractivity contribution in [1.82, 2.24) is 4.98 Å². The third-order valence-corrected chi connectivity index (χ3v) is 3.43. The van der Waals surface area contributed by atoms with E-state index in [1.54, 1.807) is 30.5 Å². The Morgan fingerprint density at radius 3 is 2.45 bits per heavy atom. The molecule has 0 bridgehead atoms. The van der Waals surface area contributed by atoms with Crippen molar-refractivity contribution in [3.63, 3.8) is 0 Å². The van der Waals surface area contributed by atoms with Crippen LogP contribution in [-0.2, 0) is 5.75 Å². The van der Waals surface area contributed by atoms with Crippen molar-refractivity contribution >= 4 is 17.4 Å². The maximum atomic E-state index is 12.0. The molecule has 0 aliphatic rings. The smallest absolute Gasteiger partial charge is 0.406 e. The van der Waals surface area contributed by atoms with Gasteiger partial charge >= 0.3 is 6.36 Å². The largest absolute Gasteiger partial charge is 0.573 e. The van der Waals surface area contributed by atoms with Gasteiger partial charge in [0, 0.05) is 11.9 Å². The first-order valence-electron chi connectivity index (χ1n) is 5.62. The zero-order valence-electron chi connectivity index (χ0n) is 10.2. The normalized spacial score (nSPS) is 11.3. The van der Waals surface area contributed by atoms with Crippen molar-refractivity contribution in [3.8, 4) is 5.75 Å². The number of alkyl halides is 3. The molecule has 7 heteroatoms. The van der Waals surface area contributed by atoms with Gasteiger partial charge in [-0.05, 0) is 29.8 Å². The third-order valence-electron chi connectivity index (χ3n) is 2.33. The average Bonchev–Trinajstić information content (AvgIpc) is 2.38. The number of nitrogens with zero attached hydrogens (tertiary/aromatic N) is 1. The van der Waals surface area contributed by atoms with Crippen LogP contribution in [0.5, 0.6) is 5.75 Å². The predicted octanol–water partition coefficient (Wildman–Crippen LogP) is 3.85. The van der Waals surface area contributed by atoms with E-state index in [2.05, 4.69) is 9.72 Å². The summed E-state index contributed by atoms with van der Waals surface area (Å²) in [5.41, 5.74) is 7.18. The maximum Gasteiger partial charge on any atom is 0.573 e. The average molecular weight is 300 g/mol. The van der Waals surface area contributed by atoms with E-state index in [4.69, 9.17) is 5.73 Å².